The van der Waals surface area contributed by atoms with Crippen molar-refractivity contribution in [1.29, 1.82) is 0 Å². The van der Waals surface area contributed by atoms with Crippen molar-refractivity contribution >= 4 is 29.3 Å². The molecule has 5 heteroatoms. The zero-order valence-electron chi connectivity index (χ0n) is 11.5. The van der Waals surface area contributed by atoms with Gasteiger partial charge in [0, 0.05) is 17.5 Å². The molecule has 20 heavy (non-hydrogen) atoms. The molecule has 4 nitrogen and oxygen atoms in total. The van der Waals surface area contributed by atoms with Crippen molar-refractivity contribution in [1.82, 2.24) is 5.32 Å². The number of carboxylic acid groups (broad SMARTS) is 1. The molecule has 0 saturated heterocycles. The Hall–Kier alpha value is -1.62. The summed E-state index contributed by atoms with van der Waals surface area (Å²) in [6.07, 6.45) is 7.33. The third-order valence-electron chi connectivity index (χ3n) is 4.03. The van der Waals surface area contributed by atoms with E-state index in [0.29, 0.717) is 10.3 Å². The number of carbonyl (C=O) groups excluding carboxylic acids is 1. The van der Waals surface area contributed by atoms with Gasteiger partial charge in [0.25, 0.3) is 5.91 Å². The summed E-state index contributed by atoms with van der Waals surface area (Å²) in [5, 5.41) is 11.6. The van der Waals surface area contributed by atoms with Gasteiger partial charge in [0.2, 0.25) is 0 Å². The van der Waals surface area contributed by atoms with Gasteiger partial charge < -0.3 is 10.4 Å². The second-order valence-electron chi connectivity index (χ2n) is 5.26. The molecular weight excluding hydrogens is 274 g/mol. The van der Waals surface area contributed by atoms with Crippen LogP contribution in [-0.2, 0) is 4.79 Å². The second-order valence-corrected chi connectivity index (χ2v) is 6.38. The topological polar surface area (TPSA) is 66.4 Å². The van der Waals surface area contributed by atoms with Crippen LogP contribution in [0.2, 0.25) is 0 Å². The highest BCUT2D eigenvalue weighted by atomic mass is 32.1. The van der Waals surface area contributed by atoms with Crippen LogP contribution in [-0.4, -0.2) is 23.5 Å². The molecule has 2 N–H and O–H groups in total. The quantitative estimate of drug-likeness (QED) is 0.792. The lowest BCUT2D eigenvalue weighted by atomic mass is 9.67. The van der Waals surface area contributed by atoms with Gasteiger partial charge in [0.05, 0.1) is 4.88 Å². The molecule has 108 valence electrons. The van der Waals surface area contributed by atoms with Crippen LogP contribution in [0.4, 0.5) is 0 Å². The molecule has 0 unspecified atom stereocenters. The normalized spacial score (nSPS) is 16.9. The molecule has 1 aliphatic carbocycles. The van der Waals surface area contributed by atoms with Gasteiger partial charge >= 0.3 is 5.97 Å². The minimum Gasteiger partial charge on any atom is -0.478 e. The second kappa shape index (κ2) is 6.22. The Morgan fingerprint density at radius 3 is 2.75 bits per heavy atom. The fraction of sp³-hybridized carbons (Fsp3) is 0.467. The van der Waals surface area contributed by atoms with Gasteiger partial charge in [0.1, 0.15) is 0 Å². The Balaban J connectivity index is 1.91. The third kappa shape index (κ3) is 3.48. The fourth-order valence-electron chi connectivity index (χ4n) is 2.40. The lowest BCUT2D eigenvalue weighted by Crippen LogP contribution is -2.41. The number of carboxylic acids is 1. The van der Waals surface area contributed by atoms with Crippen molar-refractivity contribution in [2.24, 2.45) is 5.41 Å². The lowest BCUT2D eigenvalue weighted by Gasteiger charge is -2.41. The van der Waals surface area contributed by atoms with E-state index < -0.39 is 5.97 Å². The number of thiophene rings is 1. The highest BCUT2D eigenvalue weighted by Gasteiger charge is 2.35. The van der Waals surface area contributed by atoms with Crippen LogP contribution in [0, 0.1) is 5.41 Å². The Kier molecular flexibility index (Phi) is 4.60. The molecule has 2 rings (SSSR count). The molecule has 1 saturated carbocycles. The monoisotopic (exact) mass is 293 g/mol. The molecule has 0 aromatic carbocycles. The van der Waals surface area contributed by atoms with Crippen molar-refractivity contribution in [2.45, 2.75) is 32.6 Å². The summed E-state index contributed by atoms with van der Waals surface area (Å²) in [5.41, 5.74) is 0.305. The van der Waals surface area contributed by atoms with Gasteiger partial charge in [-0.05, 0) is 42.9 Å². The number of nitrogens with one attached hydrogen (secondary N) is 1. The van der Waals surface area contributed by atoms with E-state index in [-0.39, 0.29) is 5.91 Å². The molecule has 0 bridgehead atoms. The largest absolute Gasteiger partial charge is 0.478 e. The first-order chi connectivity index (χ1) is 9.54. The third-order valence-corrected chi connectivity index (χ3v) is 5.08. The Bertz CT molecular complexity index is 523. The Morgan fingerprint density at radius 1 is 1.45 bits per heavy atom. The SMILES string of the molecule is CCC1(CNC(=O)c2ccc(/C=C/C(=O)O)s2)CCC1. The molecule has 0 aliphatic heterocycles. The fourth-order valence-corrected chi connectivity index (χ4v) is 3.23. The van der Waals surface area contributed by atoms with E-state index in [1.807, 2.05) is 0 Å². The van der Waals surface area contributed by atoms with Crippen LogP contribution in [0.15, 0.2) is 18.2 Å². The molecule has 0 radical (unpaired) electrons. The number of carbonyl (C=O) groups is 2. The van der Waals surface area contributed by atoms with E-state index in [2.05, 4.69) is 12.2 Å². The molecule has 1 fully saturated rings. The van der Waals surface area contributed by atoms with E-state index >= 15 is 0 Å². The number of amides is 1. The summed E-state index contributed by atoms with van der Waals surface area (Å²) in [6, 6.07) is 3.50. The number of hydrogen-bond acceptors (Lipinski definition) is 3. The van der Waals surface area contributed by atoms with Crippen molar-refractivity contribution < 1.29 is 14.7 Å². The van der Waals surface area contributed by atoms with Crippen LogP contribution >= 0.6 is 11.3 Å². The Labute approximate surface area is 122 Å². The molecular formula is C15H19NO3S. The summed E-state index contributed by atoms with van der Waals surface area (Å²) >= 11 is 1.30. The van der Waals surface area contributed by atoms with Crippen molar-refractivity contribution in [3.05, 3.63) is 28.0 Å². The maximum atomic E-state index is 12.1. The van der Waals surface area contributed by atoms with E-state index in [1.54, 1.807) is 12.1 Å². The molecule has 0 spiro atoms. The first-order valence-corrected chi connectivity index (χ1v) is 7.65. The zero-order valence-corrected chi connectivity index (χ0v) is 12.3. The molecule has 1 aromatic heterocycles. The van der Waals surface area contributed by atoms with Gasteiger partial charge in [-0.15, -0.1) is 11.3 Å². The van der Waals surface area contributed by atoms with Crippen molar-refractivity contribution in [3.8, 4) is 0 Å². The predicted octanol–water partition coefficient (Wildman–Crippen LogP) is 3.16. The van der Waals surface area contributed by atoms with E-state index in [0.717, 1.165) is 23.9 Å². The highest BCUT2D eigenvalue weighted by Crippen LogP contribution is 2.43. The number of hydrogen-bond donors (Lipinski definition) is 2. The summed E-state index contributed by atoms with van der Waals surface area (Å²) in [4.78, 5) is 23.9. The Morgan fingerprint density at radius 2 is 2.20 bits per heavy atom. The van der Waals surface area contributed by atoms with Gasteiger partial charge in [-0.1, -0.05) is 13.3 Å². The van der Waals surface area contributed by atoms with E-state index in [4.69, 9.17) is 5.11 Å². The maximum absolute atomic E-state index is 12.1. The van der Waals surface area contributed by atoms with Crippen LogP contribution in [0.3, 0.4) is 0 Å². The maximum Gasteiger partial charge on any atom is 0.328 e. The average Bonchev–Trinajstić information content (AvgIpc) is 2.84. The minimum atomic E-state index is -0.987. The van der Waals surface area contributed by atoms with Crippen molar-refractivity contribution in [2.75, 3.05) is 6.54 Å². The van der Waals surface area contributed by atoms with Crippen LogP contribution in [0.1, 0.15) is 47.2 Å². The molecule has 1 aliphatic rings. The predicted molar refractivity (Wildman–Crippen MR) is 79.9 cm³/mol. The number of aliphatic carboxylic acids is 1. The summed E-state index contributed by atoms with van der Waals surface area (Å²) in [5.74, 6) is -1.05. The summed E-state index contributed by atoms with van der Waals surface area (Å²) in [7, 11) is 0. The molecule has 1 heterocycles. The van der Waals surface area contributed by atoms with Gasteiger partial charge in [0.15, 0.2) is 0 Å². The standard InChI is InChI=1S/C15H19NO3S/c1-2-15(8-3-9-15)10-16-14(19)12-6-4-11(20-12)5-7-13(17)18/h4-7H,2-3,8-10H2,1H3,(H,16,19)(H,17,18)/b7-5+. The lowest BCUT2D eigenvalue weighted by molar-refractivity contribution is -0.131. The molecule has 1 amide bonds. The van der Waals surface area contributed by atoms with Crippen LogP contribution in [0.25, 0.3) is 6.08 Å². The first-order valence-electron chi connectivity index (χ1n) is 6.84. The van der Waals surface area contributed by atoms with Gasteiger partial charge in [-0.3, -0.25) is 4.79 Å². The molecule has 0 atom stereocenters. The zero-order chi connectivity index (χ0) is 14.6. The van der Waals surface area contributed by atoms with Crippen molar-refractivity contribution in [3.63, 3.8) is 0 Å². The van der Waals surface area contributed by atoms with E-state index in [1.165, 1.54) is 36.7 Å². The number of rotatable bonds is 6. The van der Waals surface area contributed by atoms with Gasteiger partial charge in [-0.2, -0.15) is 0 Å². The van der Waals surface area contributed by atoms with Crippen LogP contribution < -0.4 is 5.32 Å². The van der Waals surface area contributed by atoms with Gasteiger partial charge in [-0.25, -0.2) is 4.79 Å². The smallest absolute Gasteiger partial charge is 0.328 e. The first kappa shape index (κ1) is 14.8. The average molecular weight is 293 g/mol. The summed E-state index contributed by atoms with van der Waals surface area (Å²) < 4.78 is 0. The highest BCUT2D eigenvalue weighted by molar-refractivity contribution is 7.14. The molecule has 1 aromatic rings. The van der Waals surface area contributed by atoms with E-state index in [9.17, 15) is 9.59 Å². The summed E-state index contributed by atoms with van der Waals surface area (Å²) in [6.45, 7) is 2.91. The minimum absolute atomic E-state index is 0.0651. The van der Waals surface area contributed by atoms with Crippen LogP contribution in [0.5, 0.6) is 0 Å².